The number of carbonyl (C=O) groups excluding carboxylic acids is 1. The first-order chi connectivity index (χ1) is 10.1. The molecule has 1 aromatic carbocycles. The fourth-order valence-corrected chi connectivity index (χ4v) is 4.08. The van der Waals surface area contributed by atoms with Gasteiger partial charge < -0.3 is 9.26 Å². The Bertz CT molecular complexity index is 566. The van der Waals surface area contributed by atoms with Crippen LogP contribution in [-0.4, -0.2) is 23.9 Å². The van der Waals surface area contributed by atoms with E-state index in [4.69, 9.17) is 9.26 Å². The molecule has 22 heavy (non-hydrogen) atoms. The first-order valence-corrected chi connectivity index (χ1v) is 9.11. The van der Waals surface area contributed by atoms with Crippen LogP contribution in [0.4, 0.5) is 4.39 Å². The predicted octanol–water partition coefficient (Wildman–Crippen LogP) is 4.48. The number of rotatable bonds is 6. The van der Waals surface area contributed by atoms with Gasteiger partial charge in [0.25, 0.3) is 7.37 Å². The second-order valence-corrected chi connectivity index (χ2v) is 9.46. The average molecular weight is 330 g/mol. The Morgan fingerprint density at radius 2 is 2.00 bits per heavy atom. The maximum absolute atomic E-state index is 13.3. The number of carbonyl (C=O) groups is 1. The van der Waals surface area contributed by atoms with E-state index in [9.17, 15) is 13.8 Å². The van der Waals surface area contributed by atoms with Crippen molar-refractivity contribution in [3.05, 3.63) is 30.1 Å². The lowest BCUT2D eigenvalue weighted by Crippen LogP contribution is -2.27. The molecule has 0 bridgehead atoms. The van der Waals surface area contributed by atoms with Gasteiger partial charge in [0.2, 0.25) is 0 Å². The van der Waals surface area contributed by atoms with Crippen molar-refractivity contribution in [3.8, 4) is 5.75 Å². The van der Waals surface area contributed by atoms with Gasteiger partial charge in [0.15, 0.2) is 0 Å². The Morgan fingerprint density at radius 1 is 1.36 bits per heavy atom. The highest BCUT2D eigenvalue weighted by molar-refractivity contribution is 7.61. The Balaban J connectivity index is 3.01. The summed E-state index contributed by atoms with van der Waals surface area (Å²) in [6.45, 7) is 9.00. The van der Waals surface area contributed by atoms with Crippen molar-refractivity contribution >= 4 is 13.3 Å². The molecule has 0 N–H and O–H groups in total. The van der Waals surface area contributed by atoms with Gasteiger partial charge in [-0.25, -0.2) is 4.39 Å². The normalized spacial score (nSPS) is 15.7. The van der Waals surface area contributed by atoms with Crippen molar-refractivity contribution < 1.29 is 23.0 Å². The van der Waals surface area contributed by atoms with Gasteiger partial charge in [-0.15, -0.1) is 0 Å². The van der Waals surface area contributed by atoms with Gasteiger partial charge in [0.05, 0.1) is 12.5 Å². The summed E-state index contributed by atoms with van der Waals surface area (Å²) >= 11 is 0. The zero-order valence-electron chi connectivity index (χ0n) is 13.8. The molecular formula is C16H24FO4P. The van der Waals surface area contributed by atoms with Crippen molar-refractivity contribution in [1.29, 1.82) is 0 Å². The van der Waals surface area contributed by atoms with E-state index in [1.54, 1.807) is 40.7 Å². The molecule has 1 aromatic rings. The molecule has 0 radical (unpaired) electrons. The quantitative estimate of drug-likeness (QED) is 0.570. The lowest BCUT2D eigenvalue weighted by molar-refractivity contribution is -0.146. The van der Waals surface area contributed by atoms with Crippen LogP contribution < -0.4 is 4.52 Å². The van der Waals surface area contributed by atoms with Crippen LogP contribution in [0.25, 0.3) is 0 Å². The highest BCUT2D eigenvalue weighted by Crippen LogP contribution is 2.59. The third kappa shape index (κ3) is 4.84. The second-order valence-electron chi connectivity index (χ2n) is 6.23. The lowest BCUT2D eigenvalue weighted by atomic mass is 10.2. The smallest absolute Gasteiger partial charge is 0.309 e. The highest BCUT2D eigenvalue weighted by atomic mass is 31.2. The summed E-state index contributed by atoms with van der Waals surface area (Å²) in [6, 6.07) is 5.52. The molecule has 0 aliphatic heterocycles. The number of benzene rings is 1. The van der Waals surface area contributed by atoms with E-state index in [-0.39, 0.29) is 18.5 Å². The molecule has 0 fully saturated rings. The zero-order valence-corrected chi connectivity index (χ0v) is 14.7. The van der Waals surface area contributed by atoms with E-state index >= 15 is 0 Å². The summed E-state index contributed by atoms with van der Waals surface area (Å²) in [6.07, 6.45) is 0.0475. The summed E-state index contributed by atoms with van der Waals surface area (Å²) in [4.78, 5) is 11.8. The van der Waals surface area contributed by atoms with Gasteiger partial charge in [0, 0.05) is 17.4 Å². The van der Waals surface area contributed by atoms with Crippen LogP contribution in [-0.2, 0) is 14.1 Å². The minimum atomic E-state index is -3.25. The van der Waals surface area contributed by atoms with Crippen LogP contribution in [0.2, 0.25) is 0 Å². The van der Waals surface area contributed by atoms with E-state index in [1.807, 2.05) is 0 Å². The molecule has 1 rings (SSSR count). The van der Waals surface area contributed by atoms with Crippen LogP contribution in [0, 0.1) is 11.7 Å². The van der Waals surface area contributed by atoms with Gasteiger partial charge >= 0.3 is 5.97 Å². The number of hydrogen-bond donors (Lipinski definition) is 0. The third-order valence-corrected chi connectivity index (χ3v) is 6.85. The van der Waals surface area contributed by atoms with Gasteiger partial charge in [-0.1, -0.05) is 33.8 Å². The maximum Gasteiger partial charge on any atom is 0.309 e. The molecule has 0 spiro atoms. The van der Waals surface area contributed by atoms with E-state index in [0.717, 1.165) is 0 Å². The minimum absolute atomic E-state index is 0.0475. The number of hydrogen-bond acceptors (Lipinski definition) is 4. The zero-order chi connectivity index (χ0) is 17.0. The molecule has 6 heteroatoms. The molecule has 0 aliphatic carbocycles. The Morgan fingerprint density at radius 3 is 2.50 bits per heavy atom. The molecule has 4 nitrogen and oxygen atoms in total. The van der Waals surface area contributed by atoms with Gasteiger partial charge in [-0.3, -0.25) is 9.36 Å². The van der Waals surface area contributed by atoms with Gasteiger partial charge in [-0.05, 0) is 19.1 Å². The van der Waals surface area contributed by atoms with Crippen molar-refractivity contribution in [2.24, 2.45) is 5.92 Å². The van der Waals surface area contributed by atoms with Crippen LogP contribution in [0.15, 0.2) is 24.3 Å². The lowest BCUT2D eigenvalue weighted by Gasteiger charge is -2.32. The molecular weight excluding hydrogens is 306 g/mol. The minimum Gasteiger partial charge on any atom is -0.466 e. The molecule has 0 saturated carbocycles. The molecule has 0 saturated heterocycles. The van der Waals surface area contributed by atoms with Crippen molar-refractivity contribution in [2.75, 3.05) is 12.8 Å². The largest absolute Gasteiger partial charge is 0.466 e. The van der Waals surface area contributed by atoms with E-state index in [2.05, 4.69) is 0 Å². The summed E-state index contributed by atoms with van der Waals surface area (Å²) < 4.78 is 37.2. The fourth-order valence-electron chi connectivity index (χ4n) is 1.86. The van der Waals surface area contributed by atoms with Crippen molar-refractivity contribution in [3.63, 3.8) is 0 Å². The number of esters is 1. The van der Waals surface area contributed by atoms with E-state index < -0.39 is 30.2 Å². The van der Waals surface area contributed by atoms with Crippen LogP contribution >= 0.6 is 7.37 Å². The summed E-state index contributed by atoms with van der Waals surface area (Å²) in [5, 5.41) is -0.680. The Kier molecular flexibility index (Phi) is 6.18. The maximum atomic E-state index is 13.3. The molecule has 124 valence electrons. The van der Waals surface area contributed by atoms with Crippen LogP contribution in [0.3, 0.4) is 0 Å². The molecule has 0 amide bonds. The predicted molar refractivity (Wildman–Crippen MR) is 85.1 cm³/mol. The summed E-state index contributed by atoms with van der Waals surface area (Å²) in [7, 11) is -3.25. The highest BCUT2D eigenvalue weighted by Gasteiger charge is 2.42. The molecule has 2 atom stereocenters. The van der Waals surface area contributed by atoms with Gasteiger partial charge in [0.1, 0.15) is 11.6 Å². The Labute approximate surface area is 131 Å². The third-order valence-electron chi connectivity index (χ3n) is 3.27. The fraction of sp³-hybridized carbons (Fsp3) is 0.562. The monoisotopic (exact) mass is 330 g/mol. The SMILES string of the molecule is CCOC(=O)[C@H](C)C[P@](=O)(Oc1cccc(F)c1)C(C)(C)C. The number of halogens is 1. The molecule has 0 unspecified atom stereocenters. The molecule has 0 aromatic heterocycles. The van der Waals surface area contributed by atoms with Crippen molar-refractivity contribution in [1.82, 2.24) is 0 Å². The van der Waals surface area contributed by atoms with Crippen molar-refractivity contribution in [2.45, 2.75) is 39.8 Å². The summed E-state index contributed by atoms with van der Waals surface area (Å²) in [5.74, 6) is -1.22. The molecule has 0 heterocycles. The Hall–Kier alpha value is -1.35. The van der Waals surface area contributed by atoms with Crippen LogP contribution in [0.1, 0.15) is 34.6 Å². The van der Waals surface area contributed by atoms with E-state index in [0.29, 0.717) is 0 Å². The topological polar surface area (TPSA) is 52.6 Å². The summed E-state index contributed by atoms with van der Waals surface area (Å²) in [5.41, 5.74) is 0. The first kappa shape index (κ1) is 18.7. The van der Waals surface area contributed by atoms with Gasteiger partial charge in [-0.2, -0.15) is 0 Å². The van der Waals surface area contributed by atoms with Crippen LogP contribution in [0.5, 0.6) is 5.75 Å². The first-order valence-electron chi connectivity index (χ1n) is 7.30. The number of ether oxygens (including phenoxy) is 1. The molecule has 0 aliphatic rings. The average Bonchev–Trinajstić information content (AvgIpc) is 2.37. The standard InChI is InChI=1S/C16H24FO4P/c1-6-20-15(18)12(2)11-22(19,16(3,4)5)21-14-9-7-8-13(17)10-14/h7-10,12H,6,11H2,1-5H3/t12-,22+/m1/s1. The second kappa shape index (κ2) is 7.28. The van der Waals surface area contributed by atoms with E-state index in [1.165, 1.54) is 18.2 Å².